The number of halogens is 2. The van der Waals surface area contributed by atoms with E-state index in [4.69, 9.17) is 16.3 Å². The highest BCUT2D eigenvalue weighted by Gasteiger charge is 2.27. The third-order valence-corrected chi connectivity index (χ3v) is 6.79. The maximum absolute atomic E-state index is 13.4. The van der Waals surface area contributed by atoms with E-state index in [2.05, 4.69) is 9.97 Å². The first-order valence-electron chi connectivity index (χ1n) is 10.7. The maximum Gasteiger partial charge on any atom is 0.274 e. The van der Waals surface area contributed by atoms with Crippen LogP contribution in [0.5, 0.6) is 0 Å². The number of hydrogen-bond donors (Lipinski definition) is 1. The molecule has 1 saturated heterocycles. The minimum Gasteiger partial charge on any atom is -0.381 e. The Hall–Kier alpha value is -2.87. The fourth-order valence-electron chi connectivity index (χ4n) is 4.88. The Morgan fingerprint density at radius 2 is 2.00 bits per heavy atom. The Balaban J connectivity index is 0.00000228. The number of aromatic nitrogens is 3. The predicted octanol–water partition coefficient (Wildman–Crippen LogP) is 4.22. The number of fused-ring (bicyclic) bond motifs is 4. The summed E-state index contributed by atoms with van der Waals surface area (Å²) in [5, 5.41) is 0.672. The zero-order valence-electron chi connectivity index (χ0n) is 17.9. The molecule has 0 radical (unpaired) electrons. The lowest BCUT2D eigenvalue weighted by Gasteiger charge is -2.18. The van der Waals surface area contributed by atoms with Gasteiger partial charge in [0.05, 0.1) is 23.8 Å². The van der Waals surface area contributed by atoms with Crippen molar-refractivity contribution in [2.24, 2.45) is 0 Å². The summed E-state index contributed by atoms with van der Waals surface area (Å²) in [5.74, 6) is 0.922. The van der Waals surface area contributed by atoms with Crippen molar-refractivity contribution in [1.82, 2.24) is 19.3 Å². The van der Waals surface area contributed by atoms with Crippen LogP contribution in [0.3, 0.4) is 0 Å². The molecule has 0 aliphatic carbocycles. The highest BCUT2D eigenvalue weighted by molar-refractivity contribution is 6.30. The molecular formula is C24H22Cl2N4O3. The number of carbonyl (C=O) groups excluding carboxylic acids is 1. The monoisotopic (exact) mass is 484 g/mol. The fraction of sp³-hybridized carbons (Fsp3) is 0.292. The van der Waals surface area contributed by atoms with Crippen molar-refractivity contribution in [3.05, 3.63) is 80.0 Å². The van der Waals surface area contributed by atoms with Crippen molar-refractivity contribution in [2.75, 3.05) is 13.2 Å². The quantitative estimate of drug-likeness (QED) is 0.461. The van der Waals surface area contributed by atoms with Crippen LogP contribution in [0.4, 0.5) is 0 Å². The molecule has 1 fully saturated rings. The molecule has 9 heteroatoms. The molecule has 1 N–H and O–H groups in total. The van der Waals surface area contributed by atoms with Gasteiger partial charge in [0, 0.05) is 36.2 Å². The Labute approximate surface area is 200 Å². The summed E-state index contributed by atoms with van der Waals surface area (Å²) in [6.07, 6.45) is 2.50. The molecule has 1 unspecified atom stereocenters. The van der Waals surface area contributed by atoms with Crippen LogP contribution in [0.1, 0.15) is 45.2 Å². The normalized spacial score (nSPS) is 17.5. The van der Waals surface area contributed by atoms with Crippen LogP contribution in [-0.2, 0) is 17.8 Å². The molecule has 0 bridgehead atoms. The molecule has 1 amide bonds. The zero-order valence-corrected chi connectivity index (χ0v) is 19.5. The standard InChI is InChI=1S/C24H21ClN4O3.ClH/c1-13-6-20-19(27-23(30)21-9-26-22(29(20)21)15-4-5-32-12-15)8-18(13)24(31)28-10-14-2-3-17(25)7-16(14)11-28;/h2-3,6-9,15H,4-5,10-12H2,1H3,(H,27,30);1H. The van der Waals surface area contributed by atoms with Crippen molar-refractivity contribution in [3.8, 4) is 0 Å². The number of hydrogen-bond acceptors (Lipinski definition) is 4. The third kappa shape index (κ3) is 3.51. The van der Waals surface area contributed by atoms with E-state index in [1.165, 1.54) is 0 Å². The van der Waals surface area contributed by atoms with Crippen LogP contribution in [0, 0.1) is 6.92 Å². The highest BCUT2D eigenvalue weighted by atomic mass is 35.5. The largest absolute Gasteiger partial charge is 0.381 e. The molecule has 1 atom stereocenters. The van der Waals surface area contributed by atoms with Crippen molar-refractivity contribution < 1.29 is 9.53 Å². The van der Waals surface area contributed by atoms with Crippen LogP contribution in [-0.4, -0.2) is 38.4 Å². The molecule has 2 aromatic heterocycles. The molecule has 6 rings (SSSR count). The van der Waals surface area contributed by atoms with Gasteiger partial charge in [0.1, 0.15) is 11.3 Å². The molecule has 2 aliphatic rings. The molecule has 170 valence electrons. The molecule has 4 heterocycles. The lowest BCUT2D eigenvalue weighted by Crippen LogP contribution is -2.26. The van der Waals surface area contributed by atoms with Gasteiger partial charge in [-0.2, -0.15) is 0 Å². The molecule has 4 aromatic rings. The average Bonchev–Trinajstić information content (AvgIpc) is 3.52. The Morgan fingerprint density at radius 1 is 1.18 bits per heavy atom. The molecule has 33 heavy (non-hydrogen) atoms. The number of carbonyl (C=O) groups is 1. The van der Waals surface area contributed by atoms with Gasteiger partial charge in [0.2, 0.25) is 0 Å². The summed E-state index contributed by atoms with van der Waals surface area (Å²) in [5.41, 5.74) is 5.35. The van der Waals surface area contributed by atoms with Gasteiger partial charge in [-0.3, -0.25) is 14.0 Å². The van der Waals surface area contributed by atoms with Gasteiger partial charge in [0.15, 0.2) is 0 Å². The summed E-state index contributed by atoms with van der Waals surface area (Å²) in [6, 6.07) is 9.49. The SMILES string of the molecule is Cc1cc2c(cc1C(=O)N1Cc3ccc(Cl)cc3C1)[nH]c(=O)c1cnc(C3CCOC3)n12.Cl. The first kappa shape index (κ1) is 21.9. The highest BCUT2D eigenvalue weighted by Crippen LogP contribution is 2.30. The minimum atomic E-state index is -0.222. The van der Waals surface area contributed by atoms with E-state index in [1.54, 1.807) is 12.3 Å². The summed E-state index contributed by atoms with van der Waals surface area (Å²) < 4.78 is 7.46. The summed E-state index contributed by atoms with van der Waals surface area (Å²) in [4.78, 5) is 35.5. The number of amides is 1. The summed E-state index contributed by atoms with van der Waals surface area (Å²) >= 11 is 6.12. The van der Waals surface area contributed by atoms with E-state index >= 15 is 0 Å². The first-order valence-corrected chi connectivity index (χ1v) is 11.1. The average molecular weight is 485 g/mol. The second kappa shape index (κ2) is 8.17. The van der Waals surface area contributed by atoms with Gasteiger partial charge in [0.25, 0.3) is 11.5 Å². The van der Waals surface area contributed by atoms with Crippen molar-refractivity contribution in [2.45, 2.75) is 32.4 Å². The Morgan fingerprint density at radius 3 is 2.79 bits per heavy atom. The van der Waals surface area contributed by atoms with Crippen molar-refractivity contribution in [1.29, 1.82) is 0 Å². The predicted molar refractivity (Wildman–Crippen MR) is 129 cm³/mol. The van der Waals surface area contributed by atoms with Gasteiger partial charge in [-0.1, -0.05) is 17.7 Å². The number of H-pyrrole nitrogens is 1. The Bertz CT molecular complexity index is 1470. The zero-order chi connectivity index (χ0) is 22.0. The number of nitrogens with one attached hydrogen (secondary N) is 1. The molecule has 2 aliphatic heterocycles. The van der Waals surface area contributed by atoms with Crippen LogP contribution in [0.2, 0.25) is 5.02 Å². The lowest BCUT2D eigenvalue weighted by atomic mass is 10.0. The number of benzene rings is 2. The molecule has 0 saturated carbocycles. The lowest BCUT2D eigenvalue weighted by molar-refractivity contribution is 0.0751. The number of rotatable bonds is 2. The van der Waals surface area contributed by atoms with Gasteiger partial charge in [-0.15, -0.1) is 12.4 Å². The van der Waals surface area contributed by atoms with Crippen LogP contribution >= 0.6 is 24.0 Å². The van der Waals surface area contributed by atoms with Crippen molar-refractivity contribution >= 4 is 46.5 Å². The minimum absolute atomic E-state index is 0. The second-order valence-electron chi connectivity index (χ2n) is 8.61. The second-order valence-corrected chi connectivity index (χ2v) is 9.05. The van der Waals surface area contributed by atoms with Crippen molar-refractivity contribution in [3.63, 3.8) is 0 Å². The van der Waals surface area contributed by atoms with E-state index in [-0.39, 0.29) is 29.8 Å². The smallest absolute Gasteiger partial charge is 0.274 e. The van der Waals surface area contributed by atoms with E-state index in [0.717, 1.165) is 34.5 Å². The van der Waals surface area contributed by atoms with E-state index < -0.39 is 0 Å². The summed E-state index contributed by atoms with van der Waals surface area (Å²) in [6.45, 7) is 4.30. The Kier molecular flexibility index (Phi) is 5.43. The van der Waals surface area contributed by atoms with E-state index in [1.807, 2.05) is 40.5 Å². The van der Waals surface area contributed by atoms with Crippen LogP contribution < -0.4 is 5.56 Å². The number of nitrogens with zero attached hydrogens (tertiary/aromatic N) is 3. The van der Waals surface area contributed by atoms with Crippen LogP contribution in [0.25, 0.3) is 16.6 Å². The number of ether oxygens (including phenoxy) is 1. The third-order valence-electron chi connectivity index (χ3n) is 6.56. The molecule has 2 aromatic carbocycles. The van der Waals surface area contributed by atoms with Gasteiger partial charge < -0.3 is 14.6 Å². The molecule has 0 spiro atoms. The number of aryl methyl sites for hydroxylation is 1. The van der Waals surface area contributed by atoms with Crippen LogP contribution in [0.15, 0.2) is 41.3 Å². The maximum atomic E-state index is 13.4. The van der Waals surface area contributed by atoms with Gasteiger partial charge in [-0.05, 0) is 54.3 Å². The summed E-state index contributed by atoms with van der Waals surface area (Å²) in [7, 11) is 0. The first-order chi connectivity index (χ1) is 15.5. The topological polar surface area (TPSA) is 79.7 Å². The number of aromatic amines is 1. The van der Waals surface area contributed by atoms with E-state index in [0.29, 0.717) is 47.9 Å². The van der Waals surface area contributed by atoms with E-state index in [9.17, 15) is 9.59 Å². The van der Waals surface area contributed by atoms with Gasteiger partial charge >= 0.3 is 0 Å². The fourth-order valence-corrected chi connectivity index (χ4v) is 5.07. The molecular weight excluding hydrogens is 463 g/mol. The van der Waals surface area contributed by atoms with Gasteiger partial charge in [-0.25, -0.2) is 4.98 Å². The number of imidazole rings is 1. The molecule has 7 nitrogen and oxygen atoms in total.